The summed E-state index contributed by atoms with van der Waals surface area (Å²) in [5.74, 6) is 0.0573. The summed E-state index contributed by atoms with van der Waals surface area (Å²) in [4.78, 5) is 10.1. The SMILES string of the molecule is CCCNC(C)=O.[NaH]. The molecular formula is C5H12NNaO. The molecular weight excluding hydrogens is 113 g/mol. The summed E-state index contributed by atoms with van der Waals surface area (Å²) in [5, 5.41) is 2.66. The van der Waals surface area contributed by atoms with Gasteiger partial charge < -0.3 is 5.32 Å². The van der Waals surface area contributed by atoms with Crippen LogP contribution in [0.4, 0.5) is 0 Å². The van der Waals surface area contributed by atoms with Crippen molar-refractivity contribution in [3.05, 3.63) is 0 Å². The molecule has 0 bridgehead atoms. The fraction of sp³-hybridized carbons (Fsp3) is 0.800. The Bertz CT molecular complexity index is 65.4. The molecule has 8 heavy (non-hydrogen) atoms. The topological polar surface area (TPSA) is 29.1 Å². The molecule has 3 heteroatoms. The third-order valence-electron chi connectivity index (χ3n) is 0.624. The van der Waals surface area contributed by atoms with E-state index in [1.807, 2.05) is 6.92 Å². The van der Waals surface area contributed by atoms with Crippen LogP contribution in [0.15, 0.2) is 0 Å². The van der Waals surface area contributed by atoms with Gasteiger partial charge in [0.2, 0.25) is 5.91 Å². The molecule has 0 heterocycles. The van der Waals surface area contributed by atoms with Crippen LogP contribution in [0.2, 0.25) is 0 Å². The van der Waals surface area contributed by atoms with Crippen LogP contribution in [0.25, 0.3) is 0 Å². The maximum atomic E-state index is 10.1. The van der Waals surface area contributed by atoms with E-state index in [0.717, 1.165) is 13.0 Å². The van der Waals surface area contributed by atoms with Crippen LogP contribution in [0.3, 0.4) is 0 Å². The van der Waals surface area contributed by atoms with Crippen molar-refractivity contribution in [3.63, 3.8) is 0 Å². The first-order valence-electron chi connectivity index (χ1n) is 2.51. The monoisotopic (exact) mass is 125 g/mol. The van der Waals surface area contributed by atoms with Gasteiger partial charge in [0.1, 0.15) is 0 Å². The molecule has 0 aliphatic heterocycles. The van der Waals surface area contributed by atoms with E-state index in [1.165, 1.54) is 6.92 Å². The van der Waals surface area contributed by atoms with Crippen molar-refractivity contribution in [1.82, 2.24) is 5.32 Å². The average molecular weight is 125 g/mol. The average Bonchev–Trinajstić information content (AvgIpc) is 1.61. The third-order valence-corrected chi connectivity index (χ3v) is 0.624. The zero-order valence-corrected chi connectivity index (χ0v) is 4.82. The van der Waals surface area contributed by atoms with Gasteiger partial charge in [-0.25, -0.2) is 0 Å². The molecule has 0 aliphatic carbocycles. The number of hydrogen-bond acceptors (Lipinski definition) is 1. The van der Waals surface area contributed by atoms with Crippen LogP contribution < -0.4 is 5.32 Å². The van der Waals surface area contributed by atoms with Gasteiger partial charge in [0, 0.05) is 13.5 Å². The van der Waals surface area contributed by atoms with Crippen molar-refractivity contribution in [2.75, 3.05) is 6.54 Å². The molecule has 1 N–H and O–H groups in total. The molecule has 0 atom stereocenters. The zero-order valence-electron chi connectivity index (χ0n) is 4.82. The second-order valence-electron chi connectivity index (χ2n) is 1.48. The Balaban J connectivity index is 0. The van der Waals surface area contributed by atoms with Crippen LogP contribution in [0, 0.1) is 0 Å². The van der Waals surface area contributed by atoms with Crippen molar-refractivity contribution in [1.29, 1.82) is 0 Å². The number of hydrogen-bond donors (Lipinski definition) is 1. The first kappa shape index (κ1) is 11.3. The number of rotatable bonds is 2. The van der Waals surface area contributed by atoms with Gasteiger partial charge in [-0.15, -0.1) is 0 Å². The molecule has 2 nitrogen and oxygen atoms in total. The van der Waals surface area contributed by atoms with E-state index in [4.69, 9.17) is 0 Å². The van der Waals surface area contributed by atoms with Crippen LogP contribution in [-0.4, -0.2) is 42.0 Å². The predicted octanol–water partition coefficient (Wildman–Crippen LogP) is -0.116. The van der Waals surface area contributed by atoms with Gasteiger partial charge in [0.25, 0.3) is 0 Å². The summed E-state index contributed by atoms with van der Waals surface area (Å²) in [5.41, 5.74) is 0. The van der Waals surface area contributed by atoms with Crippen LogP contribution in [0.1, 0.15) is 20.3 Å². The van der Waals surface area contributed by atoms with Gasteiger partial charge in [-0.3, -0.25) is 4.79 Å². The molecule has 0 rings (SSSR count). The first-order chi connectivity index (χ1) is 3.27. The summed E-state index contributed by atoms with van der Waals surface area (Å²) >= 11 is 0. The normalized spacial score (nSPS) is 7.25. The summed E-state index contributed by atoms with van der Waals surface area (Å²) in [6, 6.07) is 0. The van der Waals surface area contributed by atoms with Crippen molar-refractivity contribution in [3.8, 4) is 0 Å². The van der Waals surface area contributed by atoms with Crippen LogP contribution >= 0.6 is 0 Å². The Morgan fingerprint density at radius 3 is 2.25 bits per heavy atom. The Labute approximate surface area is 72.3 Å². The molecule has 0 unspecified atom stereocenters. The summed E-state index contributed by atoms with van der Waals surface area (Å²) in [6.07, 6.45) is 1.01. The summed E-state index contributed by atoms with van der Waals surface area (Å²) < 4.78 is 0. The molecule has 0 saturated heterocycles. The van der Waals surface area contributed by atoms with Crippen molar-refractivity contribution in [2.45, 2.75) is 20.3 Å². The van der Waals surface area contributed by atoms with E-state index in [9.17, 15) is 4.79 Å². The molecule has 0 saturated carbocycles. The van der Waals surface area contributed by atoms with Crippen molar-refractivity contribution < 1.29 is 4.79 Å². The second kappa shape index (κ2) is 7.47. The maximum absolute atomic E-state index is 10.1. The minimum atomic E-state index is 0. The van der Waals surface area contributed by atoms with Gasteiger partial charge in [0.05, 0.1) is 0 Å². The molecule has 44 valence electrons. The second-order valence-corrected chi connectivity index (χ2v) is 1.48. The Kier molecular flexibility index (Phi) is 10.5. The van der Waals surface area contributed by atoms with Gasteiger partial charge in [-0.1, -0.05) is 6.92 Å². The third kappa shape index (κ3) is 9.69. The number of carbonyl (C=O) groups is 1. The summed E-state index contributed by atoms with van der Waals surface area (Å²) in [6.45, 7) is 4.35. The fourth-order valence-corrected chi connectivity index (χ4v) is 0.301. The Morgan fingerprint density at radius 2 is 2.12 bits per heavy atom. The molecule has 0 radical (unpaired) electrons. The van der Waals surface area contributed by atoms with E-state index >= 15 is 0 Å². The van der Waals surface area contributed by atoms with Gasteiger partial charge >= 0.3 is 29.6 Å². The van der Waals surface area contributed by atoms with Crippen molar-refractivity contribution in [2.24, 2.45) is 0 Å². The van der Waals surface area contributed by atoms with Crippen LogP contribution in [-0.2, 0) is 4.79 Å². The number of amides is 1. The molecule has 0 spiro atoms. The van der Waals surface area contributed by atoms with E-state index in [0.29, 0.717) is 0 Å². The molecule has 0 fully saturated rings. The molecule has 1 amide bonds. The summed E-state index contributed by atoms with van der Waals surface area (Å²) in [7, 11) is 0. The first-order valence-corrected chi connectivity index (χ1v) is 2.51. The number of nitrogens with one attached hydrogen (secondary N) is 1. The zero-order chi connectivity index (χ0) is 5.70. The van der Waals surface area contributed by atoms with E-state index in [1.54, 1.807) is 0 Å². The molecule has 0 aromatic rings. The van der Waals surface area contributed by atoms with Crippen LogP contribution in [0.5, 0.6) is 0 Å². The Hall–Kier alpha value is 0.470. The van der Waals surface area contributed by atoms with Gasteiger partial charge in [-0.05, 0) is 6.42 Å². The standard InChI is InChI=1S/C5H11NO.Na.H/c1-3-4-6-5(2)7;;/h3-4H2,1-2H3,(H,6,7);;. The van der Waals surface area contributed by atoms with Gasteiger partial charge in [0.15, 0.2) is 0 Å². The molecule has 0 aromatic heterocycles. The molecule has 0 aliphatic rings. The predicted molar refractivity (Wildman–Crippen MR) is 36.1 cm³/mol. The van der Waals surface area contributed by atoms with E-state index in [-0.39, 0.29) is 35.5 Å². The minimum absolute atomic E-state index is 0. The van der Waals surface area contributed by atoms with Gasteiger partial charge in [-0.2, -0.15) is 0 Å². The Morgan fingerprint density at radius 1 is 1.62 bits per heavy atom. The molecule has 0 aromatic carbocycles. The quantitative estimate of drug-likeness (QED) is 0.512. The van der Waals surface area contributed by atoms with Crippen molar-refractivity contribution >= 4 is 35.5 Å². The van der Waals surface area contributed by atoms with E-state index in [2.05, 4.69) is 5.32 Å². The number of carbonyl (C=O) groups excluding carboxylic acids is 1. The van der Waals surface area contributed by atoms with E-state index < -0.39 is 0 Å². The fourth-order valence-electron chi connectivity index (χ4n) is 0.301.